The van der Waals surface area contributed by atoms with Crippen LogP contribution in [0.3, 0.4) is 0 Å². The minimum atomic E-state index is -4.28. The standard InChI is InChI=1S/C21H24N8O10P2S2/c1-9-25-19-14(20(32)26-9)24-8-29(19)21-16-15(30)12(38-21)6-36-40(33,42)35-3-2-28-13(7-37-41(34,43)39-16)27-11-4-10(17(22)31)5-23-18(11)28/h4-5,8,12,15-16,21,30H,2-3,6-7H2,1H3,(H2,22,31)(H,33,42)(H,34,43)(H,25,26,32)/t12-,15-,16-,21-,40?,41?/m1/s1. The number of hydrogen-bond acceptors (Lipinski definition) is 14. The number of aromatic nitrogens is 7. The van der Waals surface area contributed by atoms with Crippen LogP contribution in [0.4, 0.5) is 0 Å². The second-order valence-corrected chi connectivity index (χ2v) is 15.3. The van der Waals surface area contributed by atoms with E-state index in [9.17, 15) is 24.2 Å². The van der Waals surface area contributed by atoms with E-state index in [1.807, 2.05) is 0 Å². The number of amides is 1. The molecule has 18 nitrogen and oxygen atoms in total. The number of primary amides is 1. The number of imidazole rings is 2. The van der Waals surface area contributed by atoms with Gasteiger partial charge in [0.25, 0.3) is 5.56 Å². The van der Waals surface area contributed by atoms with E-state index in [-0.39, 0.29) is 47.0 Å². The van der Waals surface area contributed by atoms with E-state index in [4.69, 9.17) is 40.4 Å². The van der Waals surface area contributed by atoms with Crippen molar-refractivity contribution in [1.29, 1.82) is 0 Å². The first kappa shape index (κ1) is 30.4. The maximum Gasteiger partial charge on any atom is 0.387 e. The number of hydrogen-bond donors (Lipinski definition) is 5. The summed E-state index contributed by atoms with van der Waals surface area (Å²) in [4.78, 5) is 54.3. The van der Waals surface area contributed by atoms with Gasteiger partial charge in [-0.05, 0) is 24.8 Å². The lowest BCUT2D eigenvalue weighted by Crippen LogP contribution is -2.35. The quantitative estimate of drug-likeness (QED) is 0.143. The zero-order valence-electron chi connectivity index (χ0n) is 22.0. The van der Waals surface area contributed by atoms with Crippen LogP contribution in [-0.2, 0) is 52.4 Å². The summed E-state index contributed by atoms with van der Waals surface area (Å²) >= 11 is 9.26. The van der Waals surface area contributed by atoms with Crippen LogP contribution in [0.2, 0.25) is 0 Å². The van der Waals surface area contributed by atoms with Crippen LogP contribution in [-0.4, -0.2) is 81.5 Å². The molecule has 4 aromatic rings. The maximum atomic E-state index is 13.5. The molecule has 6 heterocycles. The van der Waals surface area contributed by atoms with E-state index in [1.165, 1.54) is 23.2 Å². The summed E-state index contributed by atoms with van der Waals surface area (Å²) in [7, 11) is 0. The van der Waals surface area contributed by atoms with Gasteiger partial charge in [-0.15, -0.1) is 0 Å². The Labute approximate surface area is 251 Å². The number of nitrogens with one attached hydrogen (secondary N) is 1. The van der Waals surface area contributed by atoms with Crippen LogP contribution in [0.15, 0.2) is 23.4 Å². The first-order valence-corrected chi connectivity index (χ1v) is 17.8. The molecule has 4 aromatic heterocycles. The van der Waals surface area contributed by atoms with Crippen LogP contribution >= 0.6 is 25.8 Å². The molecule has 2 aliphatic rings. The highest BCUT2D eigenvalue weighted by atomic mass is 32.7. The number of carbonyl (C=O) groups excluding carboxylic acids is 1. The van der Waals surface area contributed by atoms with Gasteiger partial charge in [-0.25, -0.2) is 24.5 Å². The molecular weight excluding hydrogens is 650 g/mol. The van der Waals surface area contributed by atoms with Gasteiger partial charge >= 0.3 is 13.5 Å². The number of ether oxygens (including phenoxy) is 1. The number of aromatic amines is 1. The number of aliphatic hydroxyl groups is 1. The molecule has 0 saturated carbocycles. The third kappa shape index (κ3) is 6.05. The number of aliphatic hydroxyl groups excluding tert-OH is 1. The highest BCUT2D eigenvalue weighted by molar-refractivity contribution is 8.44. The third-order valence-electron chi connectivity index (χ3n) is 6.67. The number of pyridine rings is 1. The zero-order chi connectivity index (χ0) is 30.7. The molecule has 5 N–H and O–H groups in total. The summed E-state index contributed by atoms with van der Waals surface area (Å²) in [6.45, 7) is -7.55. The molecule has 0 spiro atoms. The lowest BCUT2D eigenvalue weighted by molar-refractivity contribution is -0.0476. The Kier molecular flexibility index (Phi) is 8.06. The Bertz CT molecular complexity index is 1900. The summed E-state index contributed by atoms with van der Waals surface area (Å²) in [5.74, 6) is -0.243. The van der Waals surface area contributed by atoms with E-state index in [2.05, 4.69) is 37.2 Å². The van der Waals surface area contributed by atoms with Gasteiger partial charge in [0, 0.05) is 12.7 Å². The molecule has 0 aromatic carbocycles. The largest absolute Gasteiger partial charge is 0.387 e. The maximum absolute atomic E-state index is 13.5. The van der Waals surface area contributed by atoms with Gasteiger partial charge in [-0.1, -0.05) is 12.2 Å². The van der Waals surface area contributed by atoms with Crippen molar-refractivity contribution in [2.45, 2.75) is 44.6 Å². The molecular formula is C21H24N8O10P2S2. The van der Waals surface area contributed by atoms with Crippen molar-refractivity contribution < 1.29 is 42.2 Å². The number of fused-ring (bicyclic) bond motifs is 6. The fraction of sp³-hybridized carbons (Fsp3) is 0.429. The third-order valence-corrected chi connectivity index (χ3v) is 9.88. The molecule has 1 fully saturated rings. The van der Waals surface area contributed by atoms with Crippen molar-refractivity contribution in [3.8, 4) is 0 Å². The number of H-pyrrole nitrogens is 1. The van der Waals surface area contributed by atoms with Crippen LogP contribution in [0, 0.1) is 6.92 Å². The average molecular weight is 675 g/mol. The molecule has 2 bridgehead atoms. The number of thiol groups is 1. The molecule has 1 saturated heterocycles. The Morgan fingerprint density at radius 3 is 2.81 bits per heavy atom. The predicted molar refractivity (Wildman–Crippen MR) is 154 cm³/mol. The van der Waals surface area contributed by atoms with Crippen molar-refractivity contribution in [1.82, 2.24) is 34.1 Å². The van der Waals surface area contributed by atoms with Gasteiger partial charge in [-0.3, -0.25) is 23.2 Å². The summed E-state index contributed by atoms with van der Waals surface area (Å²) < 4.78 is 44.6. The first-order valence-electron chi connectivity index (χ1n) is 12.5. The highest BCUT2D eigenvalue weighted by Crippen LogP contribution is 2.57. The van der Waals surface area contributed by atoms with E-state index in [1.54, 1.807) is 11.5 Å². The van der Waals surface area contributed by atoms with E-state index >= 15 is 0 Å². The van der Waals surface area contributed by atoms with Gasteiger partial charge in [0.05, 0.1) is 25.1 Å². The van der Waals surface area contributed by atoms with Gasteiger partial charge < -0.3 is 39.1 Å². The average Bonchev–Trinajstić information content (AvgIpc) is 3.59. The lowest BCUT2D eigenvalue weighted by atomic mass is 10.1. The second-order valence-electron chi connectivity index (χ2n) is 9.55. The van der Waals surface area contributed by atoms with Crippen molar-refractivity contribution in [2.75, 3.05) is 13.2 Å². The molecule has 6 rings (SSSR count). The van der Waals surface area contributed by atoms with Gasteiger partial charge in [-0.2, -0.15) is 0 Å². The Morgan fingerprint density at radius 1 is 1.26 bits per heavy atom. The van der Waals surface area contributed by atoms with Gasteiger partial charge in [0.15, 0.2) is 23.0 Å². The summed E-state index contributed by atoms with van der Waals surface area (Å²) in [6, 6.07) is 1.42. The zero-order valence-corrected chi connectivity index (χ0v) is 25.5. The first-order chi connectivity index (χ1) is 20.3. The van der Waals surface area contributed by atoms with E-state index < -0.39 is 62.7 Å². The van der Waals surface area contributed by atoms with Gasteiger partial charge in [0.1, 0.15) is 42.1 Å². The monoisotopic (exact) mass is 674 g/mol. The number of nitrogens with two attached hydrogens (primary N) is 1. The number of aryl methyl sites for hydroxylation is 1. The molecule has 43 heavy (non-hydrogen) atoms. The predicted octanol–water partition coefficient (Wildman–Crippen LogP) is 0.433. The molecule has 22 heteroatoms. The Morgan fingerprint density at radius 2 is 2.05 bits per heavy atom. The van der Waals surface area contributed by atoms with Crippen molar-refractivity contribution in [3.05, 3.63) is 46.2 Å². The fourth-order valence-electron chi connectivity index (χ4n) is 4.73. The van der Waals surface area contributed by atoms with Crippen LogP contribution in [0.1, 0.15) is 28.2 Å². The Hall–Kier alpha value is -2.61. The minimum Gasteiger partial charge on any atom is -0.387 e. The fourth-order valence-corrected chi connectivity index (χ4v) is 7.23. The molecule has 6 atom stereocenters. The summed E-state index contributed by atoms with van der Waals surface area (Å²) in [6.07, 6.45) is -2.84. The Balaban J connectivity index is 1.38. The van der Waals surface area contributed by atoms with E-state index in [0.29, 0.717) is 5.65 Å². The molecule has 2 unspecified atom stereocenters. The minimum absolute atomic E-state index is 0.0131. The van der Waals surface area contributed by atoms with Crippen molar-refractivity contribution in [3.63, 3.8) is 0 Å². The topological polar surface area (TPSA) is 241 Å². The van der Waals surface area contributed by atoms with Crippen molar-refractivity contribution in [2.24, 2.45) is 5.73 Å². The molecule has 0 radical (unpaired) electrons. The van der Waals surface area contributed by atoms with Gasteiger partial charge in [0.2, 0.25) is 5.91 Å². The van der Waals surface area contributed by atoms with E-state index in [0.717, 1.165) is 0 Å². The van der Waals surface area contributed by atoms with Crippen LogP contribution < -0.4 is 11.3 Å². The summed E-state index contributed by atoms with van der Waals surface area (Å²) in [5.41, 5.74) is 5.65. The molecule has 230 valence electrons. The van der Waals surface area contributed by atoms with Crippen LogP contribution in [0.25, 0.3) is 22.3 Å². The molecule has 2 aliphatic heterocycles. The van der Waals surface area contributed by atoms with Crippen LogP contribution in [0.5, 0.6) is 0 Å². The molecule has 0 aliphatic carbocycles. The lowest BCUT2D eigenvalue weighted by Gasteiger charge is -2.24. The van der Waals surface area contributed by atoms with Crippen molar-refractivity contribution >= 4 is 65.8 Å². The smallest absolute Gasteiger partial charge is 0.387 e. The number of nitrogens with zero attached hydrogens (tertiary/aromatic N) is 6. The number of rotatable bonds is 2. The molecule has 1 amide bonds. The second kappa shape index (κ2) is 11.4. The normalized spacial score (nSPS) is 30.6. The number of carbonyl (C=O) groups is 1. The SMILES string of the molecule is Cc1nc2c(ncn2[C@@H]2O[C@@H]3COP(O)(=S)OCCn4c(nc5cc(C(N)=O)cnc54)COP(=O)(S)O[C@@H]2[C@@H]3O)c(=O)[nH]1. The highest BCUT2D eigenvalue weighted by Gasteiger charge is 2.49. The summed E-state index contributed by atoms with van der Waals surface area (Å²) in [5, 5.41) is 11.2.